The summed E-state index contributed by atoms with van der Waals surface area (Å²) < 4.78 is 18.1. The molecular weight excluding hydrogens is 155 g/mol. The highest BCUT2D eigenvalue weighted by atomic mass is 19.1. The normalized spacial score (nSPS) is 21.0. The van der Waals surface area contributed by atoms with Gasteiger partial charge in [0.05, 0.1) is 12.7 Å². The number of halogens is 1. The molecule has 1 saturated heterocycles. The third-order valence-corrected chi connectivity index (χ3v) is 2.05. The second-order valence-corrected chi connectivity index (χ2v) is 3.25. The fourth-order valence-corrected chi connectivity index (χ4v) is 1.29. The average Bonchev–Trinajstić information content (AvgIpc) is 2.81. The highest BCUT2D eigenvalue weighted by Crippen LogP contribution is 2.19. The summed E-state index contributed by atoms with van der Waals surface area (Å²) in [5, 5.41) is 0. The SMILES string of the molecule is Cc1ccc(F)c(CC2CO2)c1. The molecule has 0 aromatic heterocycles. The van der Waals surface area contributed by atoms with Crippen molar-refractivity contribution in [2.45, 2.75) is 19.4 Å². The Morgan fingerprint density at radius 3 is 3.00 bits per heavy atom. The van der Waals surface area contributed by atoms with Gasteiger partial charge < -0.3 is 4.74 Å². The van der Waals surface area contributed by atoms with Gasteiger partial charge >= 0.3 is 0 Å². The molecule has 1 aliphatic rings. The summed E-state index contributed by atoms with van der Waals surface area (Å²) in [6, 6.07) is 5.19. The third kappa shape index (κ3) is 1.64. The van der Waals surface area contributed by atoms with E-state index in [1.807, 2.05) is 13.0 Å². The number of rotatable bonds is 2. The Morgan fingerprint density at radius 2 is 2.33 bits per heavy atom. The molecule has 1 unspecified atom stereocenters. The van der Waals surface area contributed by atoms with E-state index in [-0.39, 0.29) is 11.9 Å². The van der Waals surface area contributed by atoms with Crippen molar-refractivity contribution in [1.29, 1.82) is 0 Å². The van der Waals surface area contributed by atoms with Crippen molar-refractivity contribution in [3.63, 3.8) is 0 Å². The van der Waals surface area contributed by atoms with Crippen LogP contribution in [-0.4, -0.2) is 12.7 Å². The van der Waals surface area contributed by atoms with E-state index in [0.717, 1.165) is 17.7 Å². The minimum Gasteiger partial charge on any atom is -0.373 e. The summed E-state index contributed by atoms with van der Waals surface area (Å²) >= 11 is 0. The van der Waals surface area contributed by atoms with E-state index in [2.05, 4.69) is 0 Å². The van der Waals surface area contributed by atoms with Crippen molar-refractivity contribution in [2.24, 2.45) is 0 Å². The lowest BCUT2D eigenvalue weighted by Crippen LogP contribution is -1.96. The molecule has 0 bridgehead atoms. The Balaban J connectivity index is 2.21. The Bertz CT molecular complexity index is 292. The van der Waals surface area contributed by atoms with Crippen LogP contribution in [0.15, 0.2) is 18.2 Å². The summed E-state index contributed by atoms with van der Waals surface area (Å²) in [7, 11) is 0. The molecule has 2 heteroatoms. The standard InChI is InChI=1S/C10H11FO/c1-7-2-3-10(11)8(4-7)5-9-6-12-9/h2-4,9H,5-6H2,1H3. The number of ether oxygens (including phenoxy) is 1. The molecule has 0 radical (unpaired) electrons. The average molecular weight is 166 g/mol. The predicted octanol–water partition coefficient (Wildman–Crippen LogP) is 2.08. The quantitative estimate of drug-likeness (QED) is 0.613. The van der Waals surface area contributed by atoms with Crippen molar-refractivity contribution in [2.75, 3.05) is 6.61 Å². The summed E-state index contributed by atoms with van der Waals surface area (Å²) in [4.78, 5) is 0. The minimum atomic E-state index is -0.115. The summed E-state index contributed by atoms with van der Waals surface area (Å²) in [5.41, 5.74) is 1.88. The van der Waals surface area contributed by atoms with E-state index in [1.54, 1.807) is 6.07 Å². The number of epoxide rings is 1. The van der Waals surface area contributed by atoms with Crippen LogP contribution >= 0.6 is 0 Å². The van der Waals surface area contributed by atoms with E-state index >= 15 is 0 Å². The van der Waals surface area contributed by atoms with E-state index in [9.17, 15) is 4.39 Å². The maximum Gasteiger partial charge on any atom is 0.126 e. The van der Waals surface area contributed by atoms with Crippen molar-refractivity contribution in [1.82, 2.24) is 0 Å². The highest BCUT2D eigenvalue weighted by Gasteiger charge is 2.23. The molecule has 1 aromatic rings. The molecule has 1 nitrogen and oxygen atoms in total. The summed E-state index contributed by atoms with van der Waals surface area (Å²) in [6.07, 6.45) is 0.981. The molecule has 1 aliphatic heterocycles. The highest BCUT2D eigenvalue weighted by molar-refractivity contribution is 5.25. The van der Waals surface area contributed by atoms with Crippen LogP contribution in [0.4, 0.5) is 4.39 Å². The van der Waals surface area contributed by atoms with Crippen LogP contribution in [0.5, 0.6) is 0 Å². The molecule has 0 aliphatic carbocycles. The second kappa shape index (κ2) is 2.87. The van der Waals surface area contributed by atoms with Crippen LogP contribution in [0.25, 0.3) is 0 Å². The molecule has 0 N–H and O–H groups in total. The van der Waals surface area contributed by atoms with E-state index < -0.39 is 0 Å². The van der Waals surface area contributed by atoms with Crippen LogP contribution in [-0.2, 0) is 11.2 Å². The Morgan fingerprint density at radius 1 is 1.58 bits per heavy atom. The minimum absolute atomic E-state index is 0.115. The first-order valence-corrected chi connectivity index (χ1v) is 4.12. The Kier molecular flexibility index (Phi) is 1.85. The lowest BCUT2D eigenvalue weighted by atomic mass is 10.1. The van der Waals surface area contributed by atoms with E-state index in [0.29, 0.717) is 6.42 Å². The predicted molar refractivity (Wildman–Crippen MR) is 44.6 cm³/mol. The first-order chi connectivity index (χ1) is 5.75. The molecule has 1 aromatic carbocycles. The zero-order chi connectivity index (χ0) is 8.55. The summed E-state index contributed by atoms with van der Waals surface area (Å²) in [6.45, 7) is 2.75. The largest absolute Gasteiger partial charge is 0.373 e. The van der Waals surface area contributed by atoms with E-state index in [1.165, 1.54) is 6.07 Å². The Hall–Kier alpha value is -0.890. The van der Waals surface area contributed by atoms with Gasteiger partial charge in [0.2, 0.25) is 0 Å². The number of hydrogen-bond donors (Lipinski definition) is 0. The van der Waals surface area contributed by atoms with Crippen molar-refractivity contribution >= 4 is 0 Å². The fourth-order valence-electron chi connectivity index (χ4n) is 1.29. The van der Waals surface area contributed by atoms with Gasteiger partial charge in [0.25, 0.3) is 0 Å². The molecule has 1 atom stereocenters. The van der Waals surface area contributed by atoms with Gasteiger partial charge in [-0.25, -0.2) is 4.39 Å². The summed E-state index contributed by atoms with van der Waals surface area (Å²) in [5.74, 6) is -0.115. The molecule has 0 saturated carbocycles. The third-order valence-electron chi connectivity index (χ3n) is 2.05. The van der Waals surface area contributed by atoms with Gasteiger partial charge in [0, 0.05) is 6.42 Å². The molecule has 12 heavy (non-hydrogen) atoms. The van der Waals surface area contributed by atoms with Crippen LogP contribution in [0, 0.1) is 12.7 Å². The zero-order valence-corrected chi connectivity index (χ0v) is 7.01. The first kappa shape index (κ1) is 7.74. The smallest absolute Gasteiger partial charge is 0.126 e. The lowest BCUT2D eigenvalue weighted by molar-refractivity contribution is 0.405. The topological polar surface area (TPSA) is 12.5 Å². The zero-order valence-electron chi connectivity index (χ0n) is 7.01. The molecular formula is C10H11FO. The number of benzene rings is 1. The monoisotopic (exact) mass is 166 g/mol. The molecule has 0 amide bonds. The Labute approximate surface area is 71.2 Å². The van der Waals surface area contributed by atoms with Gasteiger partial charge in [-0.1, -0.05) is 17.7 Å². The molecule has 0 spiro atoms. The number of hydrogen-bond acceptors (Lipinski definition) is 1. The van der Waals surface area contributed by atoms with Crippen molar-refractivity contribution < 1.29 is 9.13 Å². The van der Waals surface area contributed by atoms with Crippen LogP contribution in [0.2, 0.25) is 0 Å². The van der Waals surface area contributed by atoms with Gasteiger partial charge in [0.1, 0.15) is 5.82 Å². The first-order valence-electron chi connectivity index (χ1n) is 4.12. The molecule has 64 valence electrons. The van der Waals surface area contributed by atoms with E-state index in [4.69, 9.17) is 4.74 Å². The van der Waals surface area contributed by atoms with Gasteiger partial charge in [-0.3, -0.25) is 0 Å². The molecule has 1 heterocycles. The second-order valence-electron chi connectivity index (χ2n) is 3.25. The van der Waals surface area contributed by atoms with Gasteiger partial charge in [0.15, 0.2) is 0 Å². The van der Waals surface area contributed by atoms with Gasteiger partial charge in [-0.15, -0.1) is 0 Å². The maximum absolute atomic E-state index is 13.1. The maximum atomic E-state index is 13.1. The van der Waals surface area contributed by atoms with Crippen LogP contribution in [0.3, 0.4) is 0 Å². The fraction of sp³-hybridized carbons (Fsp3) is 0.400. The molecule has 2 rings (SSSR count). The number of aryl methyl sites for hydroxylation is 1. The van der Waals surface area contributed by atoms with Crippen LogP contribution < -0.4 is 0 Å². The van der Waals surface area contributed by atoms with Gasteiger partial charge in [-0.2, -0.15) is 0 Å². The van der Waals surface area contributed by atoms with Crippen molar-refractivity contribution in [3.8, 4) is 0 Å². The van der Waals surface area contributed by atoms with Crippen molar-refractivity contribution in [3.05, 3.63) is 35.1 Å². The van der Waals surface area contributed by atoms with Crippen LogP contribution in [0.1, 0.15) is 11.1 Å². The molecule has 1 fully saturated rings. The van der Waals surface area contributed by atoms with Gasteiger partial charge in [-0.05, 0) is 18.6 Å². The lowest BCUT2D eigenvalue weighted by Gasteiger charge is -2.01.